The molecule has 13 heteroatoms. The Kier molecular flexibility index (Phi) is 12.4. The van der Waals surface area contributed by atoms with Crippen LogP contribution < -0.4 is 0 Å². The maximum atomic E-state index is 13.7. The maximum absolute atomic E-state index is 13.7. The van der Waals surface area contributed by atoms with Crippen LogP contribution in [0.1, 0.15) is 35.1 Å². The Morgan fingerprint density at radius 1 is 0.692 bits per heavy atom. The molecule has 4 aromatic rings. The summed E-state index contributed by atoms with van der Waals surface area (Å²) in [6.07, 6.45) is -7.51. The molecule has 2 aliphatic rings. The van der Waals surface area contributed by atoms with Gasteiger partial charge in [-0.05, 0) is 33.4 Å². The normalized spacial score (nSPS) is 21.0. The van der Waals surface area contributed by atoms with Crippen LogP contribution in [0.2, 0.25) is 0 Å². The number of halogens is 3. The molecule has 1 heterocycles. The molecule has 1 fully saturated rings. The Morgan fingerprint density at radius 3 is 1.83 bits per heavy atom. The van der Waals surface area contributed by atoms with Gasteiger partial charge >= 0.3 is 12.1 Å². The van der Waals surface area contributed by atoms with Crippen LogP contribution in [0.15, 0.2) is 109 Å². The number of carbonyl (C=O) groups excluding carboxylic acids is 2. The van der Waals surface area contributed by atoms with E-state index in [1.54, 1.807) is 0 Å². The minimum absolute atomic E-state index is 0.00925. The van der Waals surface area contributed by atoms with E-state index in [2.05, 4.69) is 0 Å². The van der Waals surface area contributed by atoms with Crippen LogP contribution in [0, 0.1) is 5.41 Å². The number of ether oxygens (including phenoxy) is 7. The van der Waals surface area contributed by atoms with Gasteiger partial charge in [-0.25, -0.2) is 4.79 Å². The molecule has 0 spiro atoms. The number of hydrogen-bond acceptors (Lipinski definition) is 10. The number of nitrogens with one attached hydrogen (secondary N) is 1. The third-order valence-electron chi connectivity index (χ3n) is 8.63. The Balaban J connectivity index is 1.28. The molecule has 0 saturated carbocycles. The first kappa shape index (κ1) is 37.6. The average molecular weight is 769 g/mol. The van der Waals surface area contributed by atoms with Crippen molar-refractivity contribution in [2.24, 2.45) is 0 Å². The molecule has 1 N–H and O–H groups in total. The summed E-state index contributed by atoms with van der Waals surface area (Å²) in [5.41, 5.74) is 5.86. The Bertz CT molecular complexity index is 1790. The van der Waals surface area contributed by atoms with Crippen LogP contribution in [-0.2, 0) is 51.2 Å². The zero-order valence-electron chi connectivity index (χ0n) is 28.0. The van der Waals surface area contributed by atoms with E-state index in [4.69, 9.17) is 73.4 Å². The second-order valence-electron chi connectivity index (χ2n) is 12.2. The van der Waals surface area contributed by atoms with E-state index in [0.717, 1.165) is 33.4 Å². The van der Waals surface area contributed by atoms with Crippen molar-refractivity contribution in [2.75, 3.05) is 13.2 Å². The minimum atomic E-state index is -2.27. The summed E-state index contributed by atoms with van der Waals surface area (Å²) in [6.45, 7) is 1.23. The van der Waals surface area contributed by atoms with E-state index in [9.17, 15) is 9.59 Å². The molecule has 0 radical (unpaired) electrons. The van der Waals surface area contributed by atoms with E-state index < -0.39 is 52.5 Å². The Morgan fingerprint density at radius 2 is 1.25 bits per heavy atom. The summed E-state index contributed by atoms with van der Waals surface area (Å²) in [7, 11) is 0. The van der Waals surface area contributed by atoms with Gasteiger partial charge in [-0.1, -0.05) is 144 Å². The highest BCUT2D eigenvalue weighted by Crippen LogP contribution is 2.44. The minimum Gasteiger partial charge on any atom is -0.453 e. The number of alkyl halides is 3. The largest absolute Gasteiger partial charge is 0.508 e. The molecule has 272 valence electrons. The van der Waals surface area contributed by atoms with Gasteiger partial charge in [-0.15, -0.1) is 0 Å². The van der Waals surface area contributed by atoms with Gasteiger partial charge in [0.1, 0.15) is 18.8 Å². The Labute approximate surface area is 316 Å². The molecular formula is C39H36Cl3NO9. The molecule has 10 nitrogen and oxygen atoms in total. The van der Waals surface area contributed by atoms with Crippen LogP contribution in [0.4, 0.5) is 4.79 Å². The monoisotopic (exact) mass is 767 g/mol. The molecule has 52 heavy (non-hydrogen) atoms. The van der Waals surface area contributed by atoms with Gasteiger partial charge in [0.05, 0.1) is 19.8 Å². The molecule has 0 amide bonds. The van der Waals surface area contributed by atoms with E-state index in [1.807, 2.05) is 109 Å². The molecule has 0 bridgehead atoms. The van der Waals surface area contributed by atoms with E-state index in [1.165, 1.54) is 6.92 Å². The highest BCUT2D eigenvalue weighted by Gasteiger charge is 2.53. The number of hydrogen-bond donors (Lipinski definition) is 1. The molecule has 1 saturated heterocycles. The molecule has 5 atom stereocenters. The number of benzene rings is 4. The quantitative estimate of drug-likeness (QED) is 0.0659. The van der Waals surface area contributed by atoms with Gasteiger partial charge in [0, 0.05) is 12.8 Å². The smallest absolute Gasteiger partial charge is 0.453 e. The molecule has 1 aliphatic heterocycles. The van der Waals surface area contributed by atoms with Crippen molar-refractivity contribution in [3.63, 3.8) is 0 Å². The summed E-state index contributed by atoms with van der Waals surface area (Å²) >= 11 is 17.8. The number of rotatable bonds is 12. The van der Waals surface area contributed by atoms with Crippen molar-refractivity contribution in [2.45, 2.75) is 60.6 Å². The number of carbonyl (C=O) groups is 2. The third-order valence-corrected chi connectivity index (χ3v) is 9.14. The van der Waals surface area contributed by atoms with Crippen LogP contribution in [0.3, 0.4) is 0 Å². The first-order valence-electron chi connectivity index (χ1n) is 16.5. The summed E-state index contributed by atoms with van der Waals surface area (Å²) in [5, 5.41) is 8.26. The summed E-state index contributed by atoms with van der Waals surface area (Å²) in [5.74, 6) is -1.74. The summed E-state index contributed by atoms with van der Waals surface area (Å²) < 4.78 is 39.5. The van der Waals surface area contributed by atoms with Crippen molar-refractivity contribution >= 4 is 52.8 Å². The molecule has 6 rings (SSSR count). The fourth-order valence-electron chi connectivity index (χ4n) is 6.31. The molecular weight excluding hydrogens is 733 g/mol. The van der Waals surface area contributed by atoms with Crippen molar-refractivity contribution in [1.82, 2.24) is 0 Å². The standard InChI is InChI=1S/C39H36Cl3NO9/c1-24(44)49-35-34(47-21-26-14-6-3-7-15-26)33(32(23-46-20-25-12-4-2-5-13-25)50-36(35)52-37(43)39(40,41)42)51-38(45)48-22-31-29-18-10-8-16-27(29)28-17-9-11-19-30(28)31/h2-19,31-36,43H,20-23H2,1H3/t32-,33-,34+,35-,36+/m1/s1. The topological polar surface area (TPSA) is 123 Å². The van der Waals surface area contributed by atoms with Gasteiger partial charge in [-0.3, -0.25) is 10.2 Å². The first-order valence-corrected chi connectivity index (χ1v) is 17.7. The van der Waals surface area contributed by atoms with Crippen LogP contribution in [0.25, 0.3) is 11.1 Å². The van der Waals surface area contributed by atoms with Crippen molar-refractivity contribution in [1.29, 1.82) is 5.41 Å². The fraction of sp³-hybridized carbons (Fsp3) is 0.308. The Hall–Kier alpha value is -4.16. The second-order valence-corrected chi connectivity index (χ2v) is 14.5. The number of fused-ring (bicyclic) bond motifs is 3. The van der Waals surface area contributed by atoms with E-state index in [-0.39, 0.29) is 32.3 Å². The van der Waals surface area contributed by atoms with Gasteiger partial charge < -0.3 is 33.2 Å². The molecule has 4 aromatic carbocycles. The van der Waals surface area contributed by atoms with Crippen LogP contribution >= 0.6 is 34.8 Å². The van der Waals surface area contributed by atoms with Gasteiger partial charge in [0.15, 0.2) is 12.2 Å². The zero-order chi connectivity index (χ0) is 36.7. The van der Waals surface area contributed by atoms with Gasteiger partial charge in [-0.2, -0.15) is 0 Å². The lowest BCUT2D eigenvalue weighted by Crippen LogP contribution is -2.63. The van der Waals surface area contributed by atoms with E-state index in [0.29, 0.717) is 0 Å². The van der Waals surface area contributed by atoms with Gasteiger partial charge in [0.25, 0.3) is 3.79 Å². The average Bonchev–Trinajstić information content (AvgIpc) is 3.45. The van der Waals surface area contributed by atoms with Gasteiger partial charge in [0.2, 0.25) is 12.2 Å². The lowest BCUT2D eigenvalue weighted by molar-refractivity contribution is -0.298. The zero-order valence-corrected chi connectivity index (χ0v) is 30.3. The lowest BCUT2D eigenvalue weighted by Gasteiger charge is -2.44. The van der Waals surface area contributed by atoms with Crippen molar-refractivity contribution in [3.8, 4) is 11.1 Å². The highest BCUT2D eigenvalue weighted by atomic mass is 35.6. The predicted molar refractivity (Wildman–Crippen MR) is 194 cm³/mol. The predicted octanol–water partition coefficient (Wildman–Crippen LogP) is 8.14. The first-order chi connectivity index (χ1) is 25.1. The summed E-state index contributed by atoms with van der Waals surface area (Å²) in [4.78, 5) is 26.1. The molecule has 0 aromatic heterocycles. The SMILES string of the molecule is CC(=O)O[C@H]1[C@H](OC(=N)C(Cl)(Cl)Cl)O[C@H](COCc2ccccc2)[C@@H](OC(=O)OCC2c3ccccc3-c3ccccc32)[C@@H]1OCc1ccccc1. The molecule has 1 aliphatic carbocycles. The van der Waals surface area contributed by atoms with Crippen LogP contribution in [-0.4, -0.2) is 65.7 Å². The highest BCUT2D eigenvalue weighted by molar-refractivity contribution is 6.76. The van der Waals surface area contributed by atoms with Crippen molar-refractivity contribution in [3.05, 3.63) is 131 Å². The second kappa shape index (κ2) is 17.1. The fourth-order valence-corrected chi connectivity index (χ4v) is 6.44. The number of esters is 1. The lowest BCUT2D eigenvalue weighted by atomic mass is 9.98. The molecule has 0 unspecified atom stereocenters. The summed E-state index contributed by atoms with van der Waals surface area (Å²) in [6, 6.07) is 34.6. The maximum Gasteiger partial charge on any atom is 0.508 e. The van der Waals surface area contributed by atoms with Crippen molar-refractivity contribution < 1.29 is 42.7 Å². The van der Waals surface area contributed by atoms with Crippen LogP contribution in [0.5, 0.6) is 0 Å². The van der Waals surface area contributed by atoms with E-state index >= 15 is 0 Å². The third kappa shape index (κ3) is 9.25.